The van der Waals surface area contributed by atoms with E-state index < -0.39 is 32.7 Å². The molecular formula is C11H11FN4O4S. The number of benzene rings is 1. The third-order valence-corrected chi connectivity index (χ3v) is 4.22. The molecule has 112 valence electrons. The topological polar surface area (TPSA) is 125 Å². The first-order valence-corrected chi connectivity index (χ1v) is 7.20. The Balaban J connectivity index is 2.29. The number of H-pyrrole nitrogens is 1. The smallest absolute Gasteiger partial charge is 0.335 e. The van der Waals surface area contributed by atoms with Gasteiger partial charge in [-0.15, -0.1) is 0 Å². The number of nitrogens with zero attached hydrogens (tertiary/aromatic N) is 2. The number of hydrogen-bond donors (Lipinski definition) is 3. The van der Waals surface area contributed by atoms with Gasteiger partial charge in [-0.1, -0.05) is 0 Å². The van der Waals surface area contributed by atoms with E-state index in [9.17, 15) is 17.6 Å². The Morgan fingerprint density at radius 2 is 2.19 bits per heavy atom. The Labute approximate surface area is 119 Å². The monoisotopic (exact) mass is 314 g/mol. The number of nitrogens with one attached hydrogen (secondary N) is 2. The summed E-state index contributed by atoms with van der Waals surface area (Å²) in [6, 6.07) is 1.81. The molecule has 2 rings (SSSR count). The van der Waals surface area contributed by atoms with Crippen molar-refractivity contribution in [1.82, 2.24) is 19.9 Å². The lowest BCUT2D eigenvalue weighted by Gasteiger charge is -2.12. The first-order chi connectivity index (χ1) is 9.81. The van der Waals surface area contributed by atoms with Crippen LogP contribution < -0.4 is 4.72 Å². The highest BCUT2D eigenvalue weighted by atomic mass is 32.2. The number of carbonyl (C=O) groups is 1. The van der Waals surface area contributed by atoms with Crippen LogP contribution >= 0.6 is 0 Å². The molecule has 0 aliphatic heterocycles. The van der Waals surface area contributed by atoms with Gasteiger partial charge in [-0.2, -0.15) is 5.10 Å². The summed E-state index contributed by atoms with van der Waals surface area (Å²) in [5.74, 6) is -2.23. The van der Waals surface area contributed by atoms with Crippen LogP contribution in [0.15, 0.2) is 29.4 Å². The van der Waals surface area contributed by atoms with Gasteiger partial charge in [0.05, 0.1) is 11.6 Å². The van der Waals surface area contributed by atoms with Gasteiger partial charge < -0.3 is 5.11 Å². The van der Waals surface area contributed by atoms with Crippen molar-refractivity contribution >= 4 is 16.0 Å². The van der Waals surface area contributed by atoms with Gasteiger partial charge in [-0.3, -0.25) is 5.10 Å². The molecule has 0 bridgehead atoms. The molecule has 10 heteroatoms. The minimum atomic E-state index is -4.16. The van der Waals surface area contributed by atoms with E-state index in [1.807, 2.05) is 0 Å². The fourth-order valence-corrected chi connectivity index (χ4v) is 2.89. The second kappa shape index (κ2) is 5.58. The molecule has 1 aromatic carbocycles. The van der Waals surface area contributed by atoms with E-state index in [0.29, 0.717) is 6.07 Å². The minimum Gasteiger partial charge on any atom is -0.478 e. The predicted molar refractivity (Wildman–Crippen MR) is 68.5 cm³/mol. The maximum Gasteiger partial charge on any atom is 0.335 e. The second-order valence-corrected chi connectivity index (χ2v) is 5.85. The minimum absolute atomic E-state index is 0.265. The van der Waals surface area contributed by atoms with Gasteiger partial charge in [0.2, 0.25) is 10.0 Å². The number of sulfonamides is 1. The Kier molecular flexibility index (Phi) is 4.00. The normalized spacial score (nSPS) is 13.0. The van der Waals surface area contributed by atoms with E-state index >= 15 is 0 Å². The van der Waals surface area contributed by atoms with Crippen LogP contribution in [0.4, 0.5) is 4.39 Å². The highest BCUT2D eigenvalue weighted by Gasteiger charge is 2.24. The first-order valence-electron chi connectivity index (χ1n) is 5.71. The molecule has 0 spiro atoms. The van der Waals surface area contributed by atoms with Crippen LogP contribution in [0.1, 0.15) is 29.1 Å². The summed E-state index contributed by atoms with van der Waals surface area (Å²) in [5, 5.41) is 14.8. The summed E-state index contributed by atoms with van der Waals surface area (Å²) in [4.78, 5) is 13.8. The van der Waals surface area contributed by atoms with Crippen molar-refractivity contribution in [2.75, 3.05) is 0 Å². The summed E-state index contributed by atoms with van der Waals surface area (Å²) in [6.45, 7) is 1.50. The number of rotatable bonds is 5. The Bertz CT molecular complexity index is 761. The maximum atomic E-state index is 13.8. The fraction of sp³-hybridized carbons (Fsp3) is 0.182. The molecule has 0 aliphatic carbocycles. The quantitative estimate of drug-likeness (QED) is 0.745. The molecule has 1 heterocycles. The van der Waals surface area contributed by atoms with Crippen LogP contribution in [-0.4, -0.2) is 34.7 Å². The van der Waals surface area contributed by atoms with E-state index in [-0.39, 0.29) is 11.4 Å². The third-order valence-electron chi connectivity index (χ3n) is 2.64. The summed E-state index contributed by atoms with van der Waals surface area (Å²) in [6.07, 6.45) is 1.21. The van der Waals surface area contributed by atoms with Crippen molar-refractivity contribution in [1.29, 1.82) is 0 Å². The number of halogens is 1. The zero-order valence-corrected chi connectivity index (χ0v) is 11.6. The number of hydrogen-bond acceptors (Lipinski definition) is 5. The Morgan fingerprint density at radius 3 is 2.71 bits per heavy atom. The molecule has 0 saturated carbocycles. The molecule has 0 amide bonds. The Morgan fingerprint density at radius 1 is 1.48 bits per heavy atom. The van der Waals surface area contributed by atoms with E-state index in [0.717, 1.165) is 12.1 Å². The highest BCUT2D eigenvalue weighted by Crippen LogP contribution is 2.18. The Hall–Kier alpha value is -2.33. The van der Waals surface area contributed by atoms with Crippen LogP contribution in [0.2, 0.25) is 0 Å². The maximum absolute atomic E-state index is 13.8. The molecule has 1 atom stereocenters. The molecule has 0 radical (unpaired) electrons. The molecule has 8 nitrogen and oxygen atoms in total. The van der Waals surface area contributed by atoms with Crippen LogP contribution in [0.25, 0.3) is 0 Å². The van der Waals surface area contributed by atoms with Crippen molar-refractivity contribution in [3.05, 3.63) is 41.7 Å². The molecule has 1 unspecified atom stereocenters. The lowest BCUT2D eigenvalue weighted by Crippen LogP contribution is -2.28. The van der Waals surface area contributed by atoms with Gasteiger partial charge in [0, 0.05) is 0 Å². The largest absolute Gasteiger partial charge is 0.478 e. The van der Waals surface area contributed by atoms with E-state index in [1.54, 1.807) is 0 Å². The molecule has 1 aromatic heterocycles. The van der Waals surface area contributed by atoms with Crippen molar-refractivity contribution in [3.63, 3.8) is 0 Å². The van der Waals surface area contributed by atoms with Crippen LogP contribution in [0, 0.1) is 5.82 Å². The summed E-state index contributed by atoms with van der Waals surface area (Å²) < 4.78 is 40.2. The first kappa shape index (κ1) is 15.1. The number of aromatic carboxylic acids is 1. The van der Waals surface area contributed by atoms with Crippen molar-refractivity contribution in [2.45, 2.75) is 17.9 Å². The van der Waals surface area contributed by atoms with Gasteiger partial charge in [0.25, 0.3) is 0 Å². The summed E-state index contributed by atoms with van der Waals surface area (Å²) >= 11 is 0. The predicted octanol–water partition coefficient (Wildman–Crippen LogP) is 0.681. The SMILES string of the molecule is CC(NS(=O)(=O)c1ccc(C(=O)O)cc1F)c1ncn[nH]1. The third kappa shape index (κ3) is 3.23. The highest BCUT2D eigenvalue weighted by molar-refractivity contribution is 7.89. The molecule has 0 saturated heterocycles. The summed E-state index contributed by atoms with van der Waals surface area (Å²) in [5.41, 5.74) is -0.338. The molecule has 0 aliphatic rings. The molecule has 0 fully saturated rings. The van der Waals surface area contributed by atoms with E-state index in [2.05, 4.69) is 19.9 Å². The van der Waals surface area contributed by atoms with Crippen molar-refractivity contribution in [3.8, 4) is 0 Å². The van der Waals surface area contributed by atoms with Gasteiger partial charge in [-0.05, 0) is 25.1 Å². The number of aromatic amines is 1. The lowest BCUT2D eigenvalue weighted by atomic mass is 10.2. The number of carboxylic acids is 1. The molecule has 21 heavy (non-hydrogen) atoms. The van der Waals surface area contributed by atoms with Crippen LogP contribution in [-0.2, 0) is 10.0 Å². The lowest BCUT2D eigenvalue weighted by molar-refractivity contribution is 0.0696. The fourth-order valence-electron chi connectivity index (χ4n) is 1.63. The van der Waals surface area contributed by atoms with Crippen molar-refractivity contribution < 1.29 is 22.7 Å². The van der Waals surface area contributed by atoms with Gasteiger partial charge in [0.15, 0.2) is 0 Å². The zero-order chi connectivity index (χ0) is 15.6. The van der Waals surface area contributed by atoms with E-state index in [1.165, 1.54) is 13.3 Å². The average Bonchev–Trinajstić information content (AvgIpc) is 2.91. The average molecular weight is 314 g/mol. The number of carboxylic acid groups (broad SMARTS) is 1. The van der Waals surface area contributed by atoms with Gasteiger partial charge in [0.1, 0.15) is 22.9 Å². The molecule has 2 aromatic rings. The number of aromatic nitrogens is 3. The molecule has 3 N–H and O–H groups in total. The van der Waals surface area contributed by atoms with Gasteiger partial charge in [-0.25, -0.2) is 27.3 Å². The molecular weight excluding hydrogens is 303 g/mol. The van der Waals surface area contributed by atoms with E-state index in [4.69, 9.17) is 5.11 Å². The zero-order valence-electron chi connectivity index (χ0n) is 10.7. The van der Waals surface area contributed by atoms with Crippen LogP contribution in [0.3, 0.4) is 0 Å². The van der Waals surface area contributed by atoms with Crippen molar-refractivity contribution in [2.24, 2.45) is 0 Å². The standard InChI is InChI=1S/C11H11FN4O4S/c1-6(10-13-5-14-15-10)16-21(19,20)9-3-2-7(11(17)18)4-8(9)12/h2-6,16H,1H3,(H,17,18)(H,13,14,15). The second-order valence-electron chi connectivity index (χ2n) is 4.16. The summed E-state index contributed by atoms with van der Waals surface area (Å²) in [7, 11) is -4.16. The van der Waals surface area contributed by atoms with Gasteiger partial charge >= 0.3 is 5.97 Å². The van der Waals surface area contributed by atoms with Crippen LogP contribution in [0.5, 0.6) is 0 Å².